The molecule has 0 radical (unpaired) electrons. The van der Waals surface area contributed by atoms with Crippen molar-refractivity contribution >= 4 is 36.6 Å². The fraction of sp³-hybridized carbons (Fsp3) is 0.759. The molecular weight excluding hydrogens is 902 g/mol. The predicted octanol–water partition coefficient (Wildman–Crippen LogP) is 9.02. The van der Waals surface area contributed by atoms with Crippen molar-refractivity contribution in [2.45, 2.75) is 181 Å². The zero-order chi connectivity index (χ0) is 51.4. The molecule has 1 aliphatic carbocycles. The van der Waals surface area contributed by atoms with E-state index in [2.05, 4.69) is 13.0 Å². The maximum Gasteiger partial charge on any atom is 0.329 e. The first kappa shape index (κ1) is 58.5. The lowest BCUT2D eigenvalue weighted by Crippen LogP contribution is -2.61. The van der Waals surface area contributed by atoms with E-state index < -0.39 is 73.1 Å². The molecule has 390 valence electrons. The third kappa shape index (κ3) is 16.2. The van der Waals surface area contributed by atoms with Gasteiger partial charge in [-0.25, -0.2) is 4.79 Å². The van der Waals surface area contributed by atoms with Crippen molar-refractivity contribution in [3.63, 3.8) is 0 Å². The smallest absolute Gasteiger partial charge is 0.329 e. The van der Waals surface area contributed by atoms with Gasteiger partial charge in [0.2, 0.25) is 5.79 Å². The maximum absolute atomic E-state index is 14.5. The van der Waals surface area contributed by atoms with Gasteiger partial charge in [0.1, 0.15) is 24.0 Å². The van der Waals surface area contributed by atoms with Gasteiger partial charge in [0, 0.05) is 77.7 Å². The Labute approximate surface area is 413 Å². The Kier molecular flexibility index (Phi) is 22.5. The normalized spacial score (nSPS) is 39.0. The van der Waals surface area contributed by atoms with E-state index in [1.54, 1.807) is 41.4 Å². The molecule has 0 aromatic carbocycles. The van der Waals surface area contributed by atoms with E-state index in [1.807, 2.05) is 65.0 Å². The van der Waals surface area contributed by atoms with Crippen LogP contribution in [0, 0.1) is 41.4 Å². The van der Waals surface area contributed by atoms with E-state index >= 15 is 0 Å². The van der Waals surface area contributed by atoms with Crippen molar-refractivity contribution in [2.24, 2.45) is 41.4 Å². The van der Waals surface area contributed by atoms with Crippen LogP contribution in [-0.2, 0) is 56.7 Å². The number of carbonyl (C=O) groups is 5. The lowest BCUT2D eigenvalue weighted by Gasteiger charge is -2.42. The fourth-order valence-electron chi connectivity index (χ4n) is 10.8. The van der Waals surface area contributed by atoms with Gasteiger partial charge in [-0.05, 0) is 101 Å². The van der Waals surface area contributed by atoms with Crippen LogP contribution < -0.4 is 0 Å². The Morgan fingerprint density at radius 3 is 2.20 bits per heavy atom. The predicted molar refractivity (Wildman–Crippen MR) is 267 cm³/mol. The molecule has 1 saturated carbocycles. The van der Waals surface area contributed by atoms with Crippen LogP contribution in [-0.4, -0.2) is 129 Å². The number of hydrogen-bond acceptors (Lipinski definition) is 13. The summed E-state index contributed by atoms with van der Waals surface area (Å²) in [5, 5.41) is 12.0. The monoisotopic (exact) mass is 988 g/mol. The zero-order valence-electron chi connectivity index (χ0n) is 44.0. The summed E-state index contributed by atoms with van der Waals surface area (Å²) in [6, 6.07) is -1.12. The summed E-state index contributed by atoms with van der Waals surface area (Å²) in [7, 11) is 1.97. The number of piperidine rings is 1. The van der Waals surface area contributed by atoms with E-state index in [0.717, 1.165) is 17.6 Å². The molecule has 2 bridgehead atoms. The van der Waals surface area contributed by atoms with Crippen molar-refractivity contribution in [1.82, 2.24) is 4.90 Å². The highest BCUT2D eigenvalue weighted by atomic mass is 31.2. The second-order valence-electron chi connectivity index (χ2n) is 21.3. The lowest BCUT2D eigenvalue weighted by molar-refractivity contribution is -0.265. The fourth-order valence-corrected chi connectivity index (χ4v) is 11.7. The molecule has 69 heavy (non-hydrogen) atoms. The van der Waals surface area contributed by atoms with Crippen LogP contribution in [0.3, 0.4) is 0 Å². The van der Waals surface area contributed by atoms with Crippen LogP contribution in [0.1, 0.15) is 132 Å². The number of cyclic esters (lactones) is 1. The number of amides is 1. The molecule has 15 heteroatoms. The third-order valence-corrected chi connectivity index (χ3v) is 16.0. The number of allylic oxidation sites excluding steroid dienone is 6. The minimum atomic E-state index is -2.77. The summed E-state index contributed by atoms with van der Waals surface area (Å²) in [5.41, 5.74) is 1.72. The Morgan fingerprint density at radius 1 is 0.841 bits per heavy atom. The number of ether oxygens (including phenoxy) is 5. The van der Waals surface area contributed by atoms with Crippen LogP contribution in [0.2, 0.25) is 0 Å². The number of Topliss-reactive ketones (excluding diaryl/α,β-unsaturated/α-hetero) is 3. The second-order valence-corrected chi connectivity index (χ2v) is 24.0. The highest BCUT2D eigenvalue weighted by Gasteiger charge is 2.53. The number of fused-ring (bicyclic) bond motifs is 3. The number of aliphatic hydroxyl groups is 1. The standard InChI is InChI=1S/C54H86NO13P/c1-33-19-15-14-16-20-34(2)46(63-9)31-42-24-22-39(7)54(61,67-42)51(58)52(59)55-26-18-17-21-43(55)53(60)66-47(37(5)29-41-23-25-45(48(30-41)64-10)68-69(12,13)62)32-44(56)36(4)28-35(3)40(8)50(65-11)49(57)38(6)27-33/h14-16,19-20,28,33,36-43,45-48,50,61H,17-18,21-27,29-32H2,1-13H3/b16-14+,19-15+,34-20+,35-28+/t33-,36-,37-,38-,39-,40-,41+,42+,43+,45-,46+,47+,48-,50-,54-/m1/s1. The zero-order valence-corrected chi connectivity index (χ0v) is 44.9. The van der Waals surface area contributed by atoms with Gasteiger partial charge in [-0.15, -0.1) is 0 Å². The summed E-state index contributed by atoms with van der Waals surface area (Å²) < 4.78 is 48.6. The molecule has 15 atom stereocenters. The van der Waals surface area contributed by atoms with E-state index in [0.29, 0.717) is 57.8 Å². The molecule has 1 amide bonds. The van der Waals surface area contributed by atoms with Crippen molar-refractivity contribution < 1.29 is 61.9 Å². The van der Waals surface area contributed by atoms with Gasteiger partial charge >= 0.3 is 5.97 Å². The second kappa shape index (κ2) is 26.6. The molecule has 0 aromatic heterocycles. The first-order chi connectivity index (χ1) is 32.4. The average Bonchev–Trinajstić information content (AvgIpc) is 3.30. The Bertz CT molecular complexity index is 1940. The van der Waals surface area contributed by atoms with Gasteiger partial charge in [-0.2, -0.15) is 0 Å². The van der Waals surface area contributed by atoms with Crippen molar-refractivity contribution in [3.05, 3.63) is 47.6 Å². The number of methoxy groups -OCH3 is 3. The number of nitrogens with zero attached hydrogens (tertiary/aromatic N) is 1. The first-order valence-electron chi connectivity index (χ1n) is 25.5. The first-order valence-corrected chi connectivity index (χ1v) is 28.0. The Morgan fingerprint density at radius 2 is 1.55 bits per heavy atom. The molecule has 4 aliphatic rings. The summed E-state index contributed by atoms with van der Waals surface area (Å²) in [5.74, 6) is -7.47. The molecule has 3 heterocycles. The largest absolute Gasteiger partial charge is 0.460 e. The molecule has 0 unspecified atom stereocenters. The van der Waals surface area contributed by atoms with Crippen LogP contribution in [0.25, 0.3) is 0 Å². The van der Waals surface area contributed by atoms with Crippen LogP contribution >= 0.6 is 7.37 Å². The molecule has 3 aliphatic heterocycles. The van der Waals surface area contributed by atoms with Crippen LogP contribution in [0.5, 0.6) is 0 Å². The lowest BCUT2D eigenvalue weighted by atomic mass is 9.78. The summed E-state index contributed by atoms with van der Waals surface area (Å²) in [6.07, 6.45) is 14.2. The molecule has 4 rings (SSSR count). The van der Waals surface area contributed by atoms with Gasteiger partial charge in [0.05, 0.1) is 24.4 Å². The number of hydrogen-bond donors (Lipinski definition) is 1. The number of carbonyl (C=O) groups excluding carboxylic acids is 5. The number of esters is 1. The van der Waals surface area contributed by atoms with E-state index in [4.69, 9.17) is 28.2 Å². The van der Waals surface area contributed by atoms with E-state index in [-0.39, 0.29) is 72.8 Å². The number of rotatable bonds is 8. The topological polar surface area (TPSA) is 181 Å². The van der Waals surface area contributed by atoms with Gasteiger partial charge in [-0.1, -0.05) is 83.6 Å². The van der Waals surface area contributed by atoms with Crippen molar-refractivity contribution in [1.29, 1.82) is 0 Å². The summed E-state index contributed by atoms with van der Waals surface area (Å²) in [4.78, 5) is 72.6. The minimum Gasteiger partial charge on any atom is -0.460 e. The van der Waals surface area contributed by atoms with Crippen LogP contribution in [0.15, 0.2) is 47.6 Å². The molecule has 0 aromatic rings. The van der Waals surface area contributed by atoms with Gasteiger partial charge < -0.3 is 38.2 Å². The summed E-state index contributed by atoms with van der Waals surface area (Å²) in [6.45, 7) is 18.5. The molecule has 0 spiro atoms. The SMILES string of the molecule is CO[C@H]1C[C@@H]2CC[C@@H](C)[C@@](O)(O2)C(=O)C(=O)N2CCCC[C@H]2C(=O)O[C@H]([C@H](C)C[C@@H]2CC[C@@H](OP(C)(C)=O)[C@H](OC)C2)CC(=O)[C@H](C)/C=C(\C)[C@@H](C)[C@@H](OC)C(=O)[C@H](C)C[C@H](C)/C=C/C=C/C=C/1C. The Balaban J connectivity index is 1.70. The molecule has 14 nitrogen and oxygen atoms in total. The Hall–Kier alpha value is -3.10. The highest BCUT2D eigenvalue weighted by molar-refractivity contribution is 7.57. The van der Waals surface area contributed by atoms with Gasteiger partial charge in [0.15, 0.2) is 13.2 Å². The number of ketones is 3. The average molecular weight is 988 g/mol. The van der Waals surface area contributed by atoms with E-state index in [1.165, 1.54) is 12.0 Å². The van der Waals surface area contributed by atoms with Crippen molar-refractivity contribution in [2.75, 3.05) is 41.2 Å². The quantitative estimate of drug-likeness (QED) is 0.105. The molecule has 2 saturated heterocycles. The molecule has 3 fully saturated rings. The molecular formula is C54H86NO13P. The van der Waals surface area contributed by atoms with Crippen molar-refractivity contribution in [3.8, 4) is 0 Å². The van der Waals surface area contributed by atoms with Crippen LogP contribution in [0.4, 0.5) is 0 Å². The molecule has 1 N–H and O–H groups in total. The van der Waals surface area contributed by atoms with E-state index in [9.17, 15) is 33.6 Å². The van der Waals surface area contributed by atoms with Gasteiger partial charge in [-0.3, -0.25) is 23.7 Å². The van der Waals surface area contributed by atoms with Gasteiger partial charge in [0.25, 0.3) is 11.7 Å². The maximum atomic E-state index is 14.5. The minimum absolute atomic E-state index is 0.0112. The third-order valence-electron chi connectivity index (χ3n) is 15.3. The highest BCUT2D eigenvalue weighted by Crippen LogP contribution is 2.45. The summed E-state index contributed by atoms with van der Waals surface area (Å²) >= 11 is 0.